The van der Waals surface area contributed by atoms with Crippen LogP contribution in [0.25, 0.3) is 0 Å². The highest BCUT2D eigenvalue weighted by atomic mass is 19.2. The number of benzene rings is 2. The molecule has 1 atom stereocenters. The van der Waals surface area contributed by atoms with Gasteiger partial charge in [0.15, 0.2) is 11.6 Å². The number of amides is 1. The number of halogens is 3. The largest absolute Gasteiger partial charge is 0.462 e. The van der Waals surface area contributed by atoms with E-state index in [1.807, 2.05) is 13.8 Å². The van der Waals surface area contributed by atoms with E-state index < -0.39 is 29.3 Å². The fourth-order valence-corrected chi connectivity index (χ4v) is 3.59. The predicted molar refractivity (Wildman–Crippen MR) is 109 cm³/mol. The second kappa shape index (κ2) is 9.37. The van der Waals surface area contributed by atoms with E-state index in [2.05, 4.69) is 0 Å². The van der Waals surface area contributed by atoms with Crippen LogP contribution in [0, 0.1) is 23.4 Å². The van der Waals surface area contributed by atoms with Crippen LogP contribution in [-0.4, -0.2) is 23.4 Å². The van der Waals surface area contributed by atoms with Crippen molar-refractivity contribution in [2.45, 2.75) is 39.7 Å². The molecule has 7 heteroatoms. The molecule has 164 valence electrons. The Morgan fingerprint density at radius 1 is 1.10 bits per heavy atom. The van der Waals surface area contributed by atoms with Gasteiger partial charge in [0, 0.05) is 18.0 Å². The lowest BCUT2D eigenvalue weighted by atomic mass is 9.83. The van der Waals surface area contributed by atoms with Gasteiger partial charge >= 0.3 is 5.97 Å². The van der Waals surface area contributed by atoms with E-state index >= 15 is 0 Å². The van der Waals surface area contributed by atoms with Crippen LogP contribution in [0.1, 0.15) is 44.2 Å². The summed E-state index contributed by atoms with van der Waals surface area (Å²) in [5, 5.41) is 0. The topological polar surface area (TPSA) is 46.6 Å². The van der Waals surface area contributed by atoms with Gasteiger partial charge in [0.1, 0.15) is 5.82 Å². The average Bonchev–Trinajstić information content (AvgIpc) is 2.72. The van der Waals surface area contributed by atoms with Crippen LogP contribution in [0.4, 0.5) is 13.2 Å². The highest BCUT2D eigenvalue weighted by Crippen LogP contribution is 2.38. The lowest BCUT2D eigenvalue weighted by Crippen LogP contribution is -2.38. The first-order valence-electron chi connectivity index (χ1n) is 10.0. The number of ether oxygens (including phenoxy) is 1. The summed E-state index contributed by atoms with van der Waals surface area (Å²) in [6.07, 6.45) is -0.0290. The molecule has 0 bridgehead atoms. The molecule has 0 saturated carbocycles. The van der Waals surface area contributed by atoms with Gasteiger partial charge in [-0.05, 0) is 48.2 Å². The van der Waals surface area contributed by atoms with Crippen molar-refractivity contribution in [1.82, 2.24) is 4.90 Å². The minimum Gasteiger partial charge on any atom is -0.462 e. The normalized spacial score (nSPS) is 16.8. The quantitative estimate of drug-likeness (QED) is 0.599. The Kier molecular flexibility index (Phi) is 6.83. The number of hydrogen-bond acceptors (Lipinski definition) is 3. The molecule has 2 aromatic carbocycles. The van der Waals surface area contributed by atoms with Gasteiger partial charge in [0.2, 0.25) is 5.91 Å². The third-order valence-corrected chi connectivity index (χ3v) is 5.19. The number of hydrogen-bond donors (Lipinski definition) is 0. The third kappa shape index (κ3) is 5.16. The van der Waals surface area contributed by atoms with E-state index in [0.717, 1.165) is 12.1 Å². The van der Waals surface area contributed by atoms with Gasteiger partial charge in [0.05, 0.1) is 18.7 Å². The summed E-state index contributed by atoms with van der Waals surface area (Å²) in [4.78, 5) is 27.3. The Balaban J connectivity index is 2.00. The van der Waals surface area contributed by atoms with E-state index in [-0.39, 0.29) is 31.4 Å². The molecule has 0 spiro atoms. The van der Waals surface area contributed by atoms with Crippen LogP contribution in [0.3, 0.4) is 0 Å². The van der Waals surface area contributed by atoms with E-state index in [0.29, 0.717) is 22.4 Å². The second-order valence-electron chi connectivity index (χ2n) is 8.03. The summed E-state index contributed by atoms with van der Waals surface area (Å²) in [7, 11) is 0. The fourth-order valence-electron chi connectivity index (χ4n) is 3.59. The first-order valence-corrected chi connectivity index (χ1v) is 10.0. The van der Waals surface area contributed by atoms with Crippen molar-refractivity contribution in [3.63, 3.8) is 0 Å². The fraction of sp³-hybridized carbons (Fsp3) is 0.333. The molecular weight excluding hydrogens is 407 g/mol. The van der Waals surface area contributed by atoms with Crippen molar-refractivity contribution in [2.75, 3.05) is 6.61 Å². The summed E-state index contributed by atoms with van der Waals surface area (Å²) in [6.45, 7) is 5.64. The van der Waals surface area contributed by atoms with E-state index in [9.17, 15) is 22.8 Å². The summed E-state index contributed by atoms with van der Waals surface area (Å²) in [5.74, 6) is -3.71. The van der Waals surface area contributed by atoms with E-state index in [4.69, 9.17) is 4.74 Å². The molecule has 1 aliphatic rings. The lowest BCUT2D eigenvalue weighted by molar-refractivity contribution is -0.141. The van der Waals surface area contributed by atoms with Crippen LogP contribution in [0.15, 0.2) is 53.7 Å². The van der Waals surface area contributed by atoms with E-state index in [1.165, 1.54) is 23.1 Å². The molecule has 2 aromatic rings. The van der Waals surface area contributed by atoms with Crippen LogP contribution >= 0.6 is 0 Å². The van der Waals surface area contributed by atoms with Gasteiger partial charge in [0.25, 0.3) is 0 Å². The Bertz CT molecular complexity index is 1020. The van der Waals surface area contributed by atoms with Gasteiger partial charge in [-0.15, -0.1) is 0 Å². The molecule has 1 unspecified atom stereocenters. The van der Waals surface area contributed by atoms with Gasteiger partial charge in [-0.1, -0.05) is 32.0 Å². The zero-order chi connectivity index (χ0) is 22.7. The number of carbonyl (C=O) groups excluding carboxylic acids is 2. The molecule has 1 aliphatic heterocycles. The predicted octanol–water partition coefficient (Wildman–Crippen LogP) is 5.09. The maximum absolute atomic E-state index is 13.6. The van der Waals surface area contributed by atoms with Gasteiger partial charge in [-0.25, -0.2) is 18.0 Å². The first kappa shape index (κ1) is 22.6. The minimum absolute atomic E-state index is 0.0149. The standard InChI is InChI=1S/C24H24F3NO3/c1-14(2)13-31-24(30)23-15(3)28(12-16-4-9-20(26)21(27)10-16)22(29)11-19(23)17-5-7-18(25)8-6-17/h4-10,14,19H,11-13H2,1-3H3. The molecule has 0 saturated heterocycles. The van der Waals surface area contributed by atoms with Gasteiger partial charge < -0.3 is 9.64 Å². The van der Waals surface area contributed by atoms with Crippen molar-refractivity contribution in [1.29, 1.82) is 0 Å². The molecule has 0 fully saturated rings. The highest BCUT2D eigenvalue weighted by molar-refractivity contribution is 5.95. The molecule has 4 nitrogen and oxygen atoms in total. The van der Waals surface area contributed by atoms with Crippen molar-refractivity contribution in [3.8, 4) is 0 Å². The molecule has 3 rings (SSSR count). The maximum atomic E-state index is 13.6. The SMILES string of the molecule is CC1=C(C(=O)OCC(C)C)C(c2ccc(F)cc2)CC(=O)N1Cc1ccc(F)c(F)c1. The number of allylic oxidation sites excluding steroid dienone is 1. The summed E-state index contributed by atoms with van der Waals surface area (Å²) in [6, 6.07) is 9.06. The molecule has 31 heavy (non-hydrogen) atoms. The molecular formula is C24H24F3NO3. The van der Waals surface area contributed by atoms with Crippen LogP contribution in [0.2, 0.25) is 0 Å². The Morgan fingerprint density at radius 2 is 1.77 bits per heavy atom. The Labute approximate surface area is 179 Å². The van der Waals surface area contributed by atoms with Crippen LogP contribution < -0.4 is 0 Å². The van der Waals surface area contributed by atoms with Crippen molar-refractivity contribution >= 4 is 11.9 Å². The average molecular weight is 431 g/mol. The van der Waals surface area contributed by atoms with Crippen molar-refractivity contribution in [3.05, 3.63) is 82.3 Å². The van der Waals surface area contributed by atoms with E-state index in [1.54, 1.807) is 19.1 Å². The van der Waals surface area contributed by atoms with Crippen LogP contribution in [-0.2, 0) is 20.9 Å². The highest BCUT2D eigenvalue weighted by Gasteiger charge is 2.37. The summed E-state index contributed by atoms with van der Waals surface area (Å²) >= 11 is 0. The third-order valence-electron chi connectivity index (χ3n) is 5.19. The number of esters is 1. The molecule has 0 radical (unpaired) electrons. The molecule has 1 amide bonds. The second-order valence-corrected chi connectivity index (χ2v) is 8.03. The van der Waals surface area contributed by atoms with Crippen molar-refractivity contribution in [2.24, 2.45) is 5.92 Å². The smallest absolute Gasteiger partial charge is 0.336 e. The molecule has 0 aliphatic carbocycles. The van der Waals surface area contributed by atoms with Crippen LogP contribution in [0.5, 0.6) is 0 Å². The first-order chi connectivity index (χ1) is 14.7. The van der Waals surface area contributed by atoms with Gasteiger partial charge in [-0.2, -0.15) is 0 Å². The zero-order valence-corrected chi connectivity index (χ0v) is 17.6. The minimum atomic E-state index is -1.01. The Hall–Kier alpha value is -3.09. The van der Waals surface area contributed by atoms with Crippen molar-refractivity contribution < 1.29 is 27.5 Å². The molecule has 0 N–H and O–H groups in total. The molecule has 1 heterocycles. The number of nitrogens with zero attached hydrogens (tertiary/aromatic N) is 1. The zero-order valence-electron chi connectivity index (χ0n) is 17.6. The van der Waals surface area contributed by atoms with Gasteiger partial charge in [-0.3, -0.25) is 4.79 Å². The molecule has 0 aromatic heterocycles. The monoisotopic (exact) mass is 431 g/mol. The maximum Gasteiger partial charge on any atom is 0.336 e. The lowest BCUT2D eigenvalue weighted by Gasteiger charge is -2.34. The number of carbonyl (C=O) groups is 2. The number of rotatable bonds is 6. The summed E-state index contributed by atoms with van der Waals surface area (Å²) < 4.78 is 45.7. The summed E-state index contributed by atoms with van der Waals surface area (Å²) in [5.41, 5.74) is 1.69. The Morgan fingerprint density at radius 3 is 2.39 bits per heavy atom.